The molecule has 2 amide bonds. The van der Waals surface area contributed by atoms with Crippen LogP contribution in [-0.4, -0.2) is 28.6 Å². The van der Waals surface area contributed by atoms with Crippen LogP contribution < -0.4 is 5.11 Å². The molecule has 1 aliphatic rings. The van der Waals surface area contributed by atoms with Crippen LogP contribution >= 0.6 is 11.8 Å². The van der Waals surface area contributed by atoms with E-state index in [0.717, 1.165) is 16.7 Å². The van der Waals surface area contributed by atoms with Crippen molar-refractivity contribution in [3.8, 4) is 0 Å². The molecule has 0 unspecified atom stereocenters. The average molecular weight is 312 g/mol. The van der Waals surface area contributed by atoms with Gasteiger partial charge < -0.3 is 9.90 Å². The van der Waals surface area contributed by atoms with Gasteiger partial charge in [-0.15, -0.1) is 11.8 Å². The van der Waals surface area contributed by atoms with Crippen molar-refractivity contribution in [2.24, 2.45) is 0 Å². The van der Waals surface area contributed by atoms with E-state index in [1.807, 2.05) is 0 Å². The van der Waals surface area contributed by atoms with Crippen molar-refractivity contribution in [2.75, 3.05) is 5.88 Å². The van der Waals surface area contributed by atoms with E-state index in [9.17, 15) is 19.5 Å². The summed E-state index contributed by atoms with van der Waals surface area (Å²) >= 11 is 1.11. The first-order valence-corrected chi connectivity index (χ1v) is 7.46. The highest BCUT2D eigenvalue weighted by Crippen LogP contribution is 2.28. The summed E-state index contributed by atoms with van der Waals surface area (Å²) in [5, 5.41) is 11.1. The van der Waals surface area contributed by atoms with E-state index in [1.165, 1.54) is 6.07 Å². The zero-order chi connectivity index (χ0) is 15.7. The quantitative estimate of drug-likeness (QED) is 0.630. The van der Waals surface area contributed by atoms with Crippen LogP contribution in [0.5, 0.6) is 0 Å². The molecule has 0 radical (unpaired) electrons. The Kier molecular flexibility index (Phi) is 3.68. The highest BCUT2D eigenvalue weighted by Gasteiger charge is 2.34. The minimum Gasteiger partial charge on any atom is -0.545 e. The first kappa shape index (κ1) is 14.3. The van der Waals surface area contributed by atoms with Crippen LogP contribution in [0.1, 0.15) is 31.1 Å². The molecule has 1 aliphatic heterocycles. The van der Waals surface area contributed by atoms with E-state index in [-0.39, 0.29) is 23.3 Å². The van der Waals surface area contributed by atoms with Gasteiger partial charge in [0.15, 0.2) is 0 Å². The Morgan fingerprint density at radius 1 is 0.955 bits per heavy atom. The van der Waals surface area contributed by atoms with Crippen molar-refractivity contribution in [2.45, 2.75) is 4.90 Å². The lowest BCUT2D eigenvalue weighted by atomic mass is 10.1. The summed E-state index contributed by atoms with van der Waals surface area (Å²) in [4.78, 5) is 37.0. The predicted molar refractivity (Wildman–Crippen MR) is 78.4 cm³/mol. The number of fused-ring (bicyclic) bond motifs is 1. The first-order valence-electron chi connectivity index (χ1n) is 6.48. The molecule has 1 heterocycles. The van der Waals surface area contributed by atoms with Crippen molar-refractivity contribution in [3.05, 3.63) is 65.2 Å². The summed E-state index contributed by atoms with van der Waals surface area (Å²) in [7, 11) is 0. The maximum atomic E-state index is 12.2. The highest BCUT2D eigenvalue weighted by molar-refractivity contribution is 7.99. The van der Waals surface area contributed by atoms with Gasteiger partial charge in [-0.2, -0.15) is 0 Å². The molecule has 110 valence electrons. The highest BCUT2D eigenvalue weighted by atomic mass is 32.2. The lowest BCUT2D eigenvalue weighted by molar-refractivity contribution is -0.255. The summed E-state index contributed by atoms with van der Waals surface area (Å²) in [5.74, 6) is -1.96. The van der Waals surface area contributed by atoms with Gasteiger partial charge in [0.25, 0.3) is 11.8 Å². The summed E-state index contributed by atoms with van der Waals surface area (Å²) in [5.41, 5.74) is 0.798. The largest absolute Gasteiger partial charge is 0.545 e. The number of amides is 2. The van der Waals surface area contributed by atoms with E-state index in [4.69, 9.17) is 0 Å². The van der Waals surface area contributed by atoms with E-state index in [0.29, 0.717) is 16.0 Å². The molecule has 0 N–H and O–H groups in total. The second-order valence-corrected chi connectivity index (χ2v) is 5.63. The van der Waals surface area contributed by atoms with Gasteiger partial charge in [-0.3, -0.25) is 14.5 Å². The second kappa shape index (κ2) is 5.65. The fraction of sp³-hybridized carbons (Fsp3) is 0.0625. The smallest absolute Gasteiger partial charge is 0.262 e. The molecule has 0 bridgehead atoms. The summed E-state index contributed by atoms with van der Waals surface area (Å²) in [6, 6.07) is 12.9. The number of hydrogen-bond donors (Lipinski definition) is 0. The standard InChI is InChI=1S/C16H11NO4S/c18-14-10-5-1-2-6-11(10)15(19)17(14)9-22-13-8-4-3-7-12(13)16(20)21/h1-8H,9H2,(H,20,21)/p-1. The Morgan fingerprint density at radius 3 is 2.09 bits per heavy atom. The van der Waals surface area contributed by atoms with Crippen LogP contribution in [0.25, 0.3) is 0 Å². The number of hydrogen-bond acceptors (Lipinski definition) is 5. The maximum Gasteiger partial charge on any atom is 0.262 e. The molecule has 6 heteroatoms. The van der Waals surface area contributed by atoms with Crippen LogP contribution in [0.4, 0.5) is 0 Å². The predicted octanol–water partition coefficient (Wildman–Crippen LogP) is 1.40. The number of imide groups is 1. The Labute approximate surface area is 130 Å². The number of benzene rings is 2. The molecule has 0 fully saturated rings. The molecule has 2 aromatic carbocycles. The molecule has 0 aliphatic carbocycles. The number of carboxylic acid groups (broad SMARTS) is 1. The van der Waals surface area contributed by atoms with Crippen molar-refractivity contribution in [1.29, 1.82) is 0 Å². The minimum absolute atomic E-state index is 0.0455. The van der Waals surface area contributed by atoms with Crippen LogP contribution in [0, 0.1) is 0 Å². The molecule has 0 saturated carbocycles. The molecule has 0 atom stereocenters. The molecule has 0 aromatic heterocycles. The van der Waals surface area contributed by atoms with Crippen LogP contribution in [0.3, 0.4) is 0 Å². The number of thioether (sulfide) groups is 1. The number of aromatic carboxylic acids is 1. The maximum absolute atomic E-state index is 12.2. The Balaban J connectivity index is 1.81. The number of carbonyl (C=O) groups excluding carboxylic acids is 3. The third-order valence-electron chi connectivity index (χ3n) is 3.33. The summed E-state index contributed by atoms with van der Waals surface area (Å²) in [6.07, 6.45) is 0. The van der Waals surface area contributed by atoms with Crippen LogP contribution in [0.15, 0.2) is 53.4 Å². The zero-order valence-electron chi connectivity index (χ0n) is 11.3. The van der Waals surface area contributed by atoms with E-state index in [2.05, 4.69) is 0 Å². The molecule has 3 rings (SSSR count). The Bertz CT molecular complexity index is 752. The van der Waals surface area contributed by atoms with Gasteiger partial charge >= 0.3 is 0 Å². The average Bonchev–Trinajstić information content (AvgIpc) is 2.77. The van der Waals surface area contributed by atoms with Crippen molar-refractivity contribution in [1.82, 2.24) is 4.90 Å². The molecular formula is C16H10NO4S-. The molecule has 2 aromatic rings. The molecule has 0 spiro atoms. The fourth-order valence-corrected chi connectivity index (χ4v) is 3.24. The summed E-state index contributed by atoms with van der Waals surface area (Å²) in [6.45, 7) is 0. The molecule has 0 saturated heterocycles. The molecule has 5 nitrogen and oxygen atoms in total. The monoisotopic (exact) mass is 312 g/mol. The van der Waals surface area contributed by atoms with Gasteiger partial charge in [-0.05, 0) is 18.2 Å². The van der Waals surface area contributed by atoms with E-state index >= 15 is 0 Å². The van der Waals surface area contributed by atoms with Gasteiger partial charge in [-0.1, -0.05) is 30.3 Å². The third-order valence-corrected chi connectivity index (χ3v) is 4.39. The van der Waals surface area contributed by atoms with Crippen LogP contribution in [-0.2, 0) is 0 Å². The van der Waals surface area contributed by atoms with E-state index < -0.39 is 5.97 Å². The third kappa shape index (κ3) is 2.37. The molecule has 22 heavy (non-hydrogen) atoms. The van der Waals surface area contributed by atoms with Crippen molar-refractivity contribution < 1.29 is 19.5 Å². The van der Waals surface area contributed by atoms with Crippen LogP contribution in [0.2, 0.25) is 0 Å². The van der Waals surface area contributed by atoms with Gasteiger partial charge in [0.2, 0.25) is 0 Å². The molecular weight excluding hydrogens is 302 g/mol. The number of rotatable bonds is 4. The number of nitrogens with zero attached hydrogens (tertiary/aromatic N) is 1. The van der Waals surface area contributed by atoms with Gasteiger partial charge in [0.05, 0.1) is 23.0 Å². The SMILES string of the molecule is O=C([O-])c1ccccc1SCN1C(=O)c2ccccc2C1=O. The Hall–Kier alpha value is -2.60. The fourth-order valence-electron chi connectivity index (χ4n) is 2.25. The van der Waals surface area contributed by atoms with Gasteiger partial charge in [-0.25, -0.2) is 0 Å². The van der Waals surface area contributed by atoms with Crippen molar-refractivity contribution in [3.63, 3.8) is 0 Å². The normalized spacial score (nSPS) is 13.4. The van der Waals surface area contributed by atoms with E-state index in [1.54, 1.807) is 42.5 Å². The first-order chi connectivity index (χ1) is 10.6. The lowest BCUT2D eigenvalue weighted by Gasteiger charge is -2.15. The van der Waals surface area contributed by atoms with Crippen molar-refractivity contribution >= 4 is 29.5 Å². The Morgan fingerprint density at radius 2 is 1.50 bits per heavy atom. The zero-order valence-corrected chi connectivity index (χ0v) is 12.1. The minimum atomic E-state index is -1.29. The number of carboxylic acids is 1. The van der Waals surface area contributed by atoms with Gasteiger partial charge in [0, 0.05) is 10.5 Å². The topological polar surface area (TPSA) is 77.5 Å². The number of carbonyl (C=O) groups is 3. The second-order valence-electron chi connectivity index (χ2n) is 4.64. The lowest BCUT2D eigenvalue weighted by Crippen LogP contribution is -2.29. The van der Waals surface area contributed by atoms with Gasteiger partial charge in [0.1, 0.15) is 0 Å². The summed E-state index contributed by atoms with van der Waals surface area (Å²) < 4.78 is 0.